The topological polar surface area (TPSA) is 99.1 Å². The second-order valence-corrected chi connectivity index (χ2v) is 8.04. The molecule has 0 aliphatic heterocycles. The number of hydrogen-bond donors (Lipinski definition) is 3. The van der Waals surface area contributed by atoms with Crippen LogP contribution in [0.3, 0.4) is 0 Å². The molecule has 0 bridgehead atoms. The van der Waals surface area contributed by atoms with Gasteiger partial charge in [-0.3, -0.25) is 5.32 Å². The molecule has 1 heterocycles. The Morgan fingerprint density at radius 3 is 2.54 bits per heavy atom. The van der Waals surface area contributed by atoms with Gasteiger partial charge in [-0.25, -0.2) is 14.2 Å². The number of benzene rings is 3. The fourth-order valence-electron chi connectivity index (χ4n) is 3.37. The molecule has 0 saturated heterocycles. The number of nitriles is 1. The lowest BCUT2D eigenvalue weighted by Crippen LogP contribution is -2.30. The molecule has 174 valence electrons. The number of amides is 1. The summed E-state index contributed by atoms with van der Waals surface area (Å²) in [5.74, 6) is -0.165. The molecular weight excluding hydrogens is 465 g/mol. The maximum absolute atomic E-state index is 13.1. The van der Waals surface area contributed by atoms with Crippen LogP contribution in [0.2, 0.25) is 0 Å². The Hall–Kier alpha value is -4.55. The number of hydrogen-bond acceptors (Lipinski definition) is 5. The number of halogens is 1. The number of pyridine rings is 1. The van der Waals surface area contributed by atoms with Gasteiger partial charge in [0.15, 0.2) is 5.11 Å². The normalized spacial score (nSPS) is 11.2. The van der Waals surface area contributed by atoms with Gasteiger partial charge in [0.2, 0.25) is 5.88 Å². The third kappa shape index (κ3) is 6.07. The number of aromatic nitrogens is 1. The van der Waals surface area contributed by atoms with Gasteiger partial charge in [-0.05, 0) is 60.4 Å². The number of nitrogens with zero attached hydrogens (tertiary/aromatic N) is 2. The van der Waals surface area contributed by atoms with Crippen molar-refractivity contribution in [2.24, 2.45) is 0 Å². The van der Waals surface area contributed by atoms with Gasteiger partial charge in [0.1, 0.15) is 11.9 Å². The molecule has 4 rings (SSSR count). The molecule has 0 aliphatic rings. The van der Waals surface area contributed by atoms with E-state index < -0.39 is 6.09 Å². The van der Waals surface area contributed by atoms with Crippen LogP contribution in [0.15, 0.2) is 79.0 Å². The van der Waals surface area contributed by atoms with Crippen molar-refractivity contribution in [2.45, 2.75) is 13.0 Å². The molecule has 1 amide bonds. The summed E-state index contributed by atoms with van der Waals surface area (Å²) in [5, 5.41) is 20.4. The molecule has 35 heavy (non-hydrogen) atoms. The molecule has 7 nitrogen and oxygen atoms in total. The molecule has 1 unspecified atom stereocenters. The standard InChI is InChI=1S/C26H20FN5O2S/c1-16(17-6-8-21(27)9-7-17)30-25(35)31-22-10-11-23(20(12-22)14-28)32-26(33)34-24-13-18-4-2-3-5-19(18)15-29-24/h2-13,15-16H,1H3,(H,32,33)(H2,30,31,35). The van der Waals surface area contributed by atoms with Crippen molar-refractivity contribution in [3.05, 3.63) is 95.9 Å². The highest BCUT2D eigenvalue weighted by molar-refractivity contribution is 7.80. The fraction of sp³-hybridized carbons (Fsp3) is 0.0769. The van der Waals surface area contributed by atoms with Crippen molar-refractivity contribution in [3.8, 4) is 11.9 Å². The van der Waals surface area contributed by atoms with E-state index in [1.165, 1.54) is 12.1 Å². The van der Waals surface area contributed by atoms with E-state index in [0.717, 1.165) is 16.3 Å². The van der Waals surface area contributed by atoms with E-state index in [4.69, 9.17) is 17.0 Å². The number of carbonyl (C=O) groups excluding carboxylic acids is 1. The summed E-state index contributed by atoms with van der Waals surface area (Å²) in [6, 6.07) is 22.0. The monoisotopic (exact) mass is 485 g/mol. The lowest BCUT2D eigenvalue weighted by Gasteiger charge is -2.18. The molecule has 1 atom stereocenters. The molecule has 1 aromatic heterocycles. The zero-order valence-corrected chi connectivity index (χ0v) is 19.4. The van der Waals surface area contributed by atoms with Crippen molar-refractivity contribution in [1.29, 1.82) is 5.26 Å². The van der Waals surface area contributed by atoms with Crippen molar-refractivity contribution < 1.29 is 13.9 Å². The van der Waals surface area contributed by atoms with Gasteiger partial charge in [0.25, 0.3) is 0 Å². The Labute approximate surface area is 206 Å². The van der Waals surface area contributed by atoms with Gasteiger partial charge in [0.05, 0.1) is 17.3 Å². The summed E-state index contributed by atoms with van der Waals surface area (Å²) < 4.78 is 18.4. The van der Waals surface area contributed by atoms with Crippen LogP contribution in [0.1, 0.15) is 24.1 Å². The summed E-state index contributed by atoms with van der Waals surface area (Å²) in [5.41, 5.74) is 1.92. The minimum atomic E-state index is -0.768. The molecule has 9 heteroatoms. The van der Waals surface area contributed by atoms with Crippen LogP contribution in [0.5, 0.6) is 5.88 Å². The molecule has 0 spiro atoms. The third-order valence-electron chi connectivity index (χ3n) is 5.16. The molecule has 3 aromatic carbocycles. The predicted octanol–water partition coefficient (Wildman–Crippen LogP) is 5.90. The number of rotatable bonds is 5. The molecule has 0 saturated carbocycles. The van der Waals surface area contributed by atoms with E-state index in [9.17, 15) is 14.4 Å². The average Bonchev–Trinajstić information content (AvgIpc) is 2.85. The lowest BCUT2D eigenvalue weighted by atomic mass is 10.1. The molecule has 0 aliphatic carbocycles. The first-order valence-corrected chi connectivity index (χ1v) is 11.0. The zero-order chi connectivity index (χ0) is 24.8. The van der Waals surface area contributed by atoms with Crippen LogP contribution in [0, 0.1) is 17.1 Å². The van der Waals surface area contributed by atoms with Gasteiger partial charge in [-0.15, -0.1) is 0 Å². The van der Waals surface area contributed by atoms with Crippen molar-refractivity contribution in [1.82, 2.24) is 10.3 Å². The molecule has 0 radical (unpaired) electrons. The summed E-state index contributed by atoms with van der Waals surface area (Å²) in [7, 11) is 0. The van der Waals surface area contributed by atoms with Crippen molar-refractivity contribution >= 4 is 45.6 Å². The van der Waals surface area contributed by atoms with Gasteiger partial charge in [-0.2, -0.15) is 5.26 Å². The number of carbonyl (C=O) groups is 1. The first-order chi connectivity index (χ1) is 16.9. The smallest absolute Gasteiger partial charge is 0.391 e. The van der Waals surface area contributed by atoms with E-state index in [2.05, 4.69) is 20.9 Å². The van der Waals surface area contributed by atoms with Crippen molar-refractivity contribution in [2.75, 3.05) is 10.6 Å². The first kappa shape index (κ1) is 23.6. The number of ether oxygens (including phenoxy) is 1. The number of thiocarbonyl (C=S) groups is 1. The summed E-state index contributed by atoms with van der Waals surface area (Å²) in [6.07, 6.45) is 0.850. The molecule has 3 N–H and O–H groups in total. The minimum absolute atomic E-state index is 0.143. The van der Waals surface area contributed by atoms with E-state index in [1.807, 2.05) is 37.3 Å². The Balaban J connectivity index is 1.38. The van der Waals surface area contributed by atoms with E-state index in [-0.39, 0.29) is 29.0 Å². The summed E-state index contributed by atoms with van der Waals surface area (Å²) in [4.78, 5) is 16.5. The highest BCUT2D eigenvalue weighted by Gasteiger charge is 2.12. The summed E-state index contributed by atoms with van der Waals surface area (Å²) >= 11 is 5.35. The zero-order valence-electron chi connectivity index (χ0n) is 18.6. The van der Waals surface area contributed by atoms with Gasteiger partial charge >= 0.3 is 6.09 Å². The number of fused-ring (bicyclic) bond motifs is 1. The molecule has 4 aromatic rings. The Morgan fingerprint density at radius 2 is 1.80 bits per heavy atom. The quantitative estimate of drug-likeness (QED) is 0.303. The van der Waals surface area contributed by atoms with E-state index in [0.29, 0.717) is 10.8 Å². The van der Waals surface area contributed by atoms with E-state index >= 15 is 0 Å². The van der Waals surface area contributed by atoms with Crippen LogP contribution in [0.25, 0.3) is 10.8 Å². The van der Waals surface area contributed by atoms with Crippen LogP contribution >= 0.6 is 12.2 Å². The lowest BCUT2D eigenvalue weighted by molar-refractivity contribution is 0.213. The SMILES string of the molecule is CC(NC(=S)Nc1ccc(NC(=O)Oc2cc3ccccc3cn2)c(C#N)c1)c1ccc(F)cc1. The fourth-order valence-corrected chi connectivity index (χ4v) is 3.67. The highest BCUT2D eigenvalue weighted by Crippen LogP contribution is 2.22. The number of anilines is 2. The Bertz CT molecular complexity index is 1440. The summed E-state index contributed by atoms with van der Waals surface area (Å²) in [6.45, 7) is 1.89. The van der Waals surface area contributed by atoms with Crippen LogP contribution in [-0.2, 0) is 0 Å². The van der Waals surface area contributed by atoms with Crippen LogP contribution in [-0.4, -0.2) is 16.2 Å². The Morgan fingerprint density at radius 1 is 1.06 bits per heavy atom. The second-order valence-electron chi connectivity index (χ2n) is 7.63. The highest BCUT2D eigenvalue weighted by atomic mass is 32.1. The van der Waals surface area contributed by atoms with E-state index in [1.54, 1.807) is 42.6 Å². The second kappa shape index (κ2) is 10.6. The maximum atomic E-state index is 13.1. The minimum Gasteiger partial charge on any atom is -0.391 e. The van der Waals surface area contributed by atoms with Crippen LogP contribution < -0.4 is 20.7 Å². The maximum Gasteiger partial charge on any atom is 0.418 e. The first-order valence-electron chi connectivity index (χ1n) is 10.6. The Kier molecular flexibility index (Phi) is 7.14. The molecular formula is C26H20FN5O2S. The molecule has 0 fully saturated rings. The predicted molar refractivity (Wildman–Crippen MR) is 137 cm³/mol. The number of nitrogens with one attached hydrogen (secondary N) is 3. The van der Waals surface area contributed by atoms with Gasteiger partial charge in [0, 0.05) is 23.3 Å². The van der Waals surface area contributed by atoms with Crippen molar-refractivity contribution in [3.63, 3.8) is 0 Å². The average molecular weight is 486 g/mol. The largest absolute Gasteiger partial charge is 0.418 e. The van der Waals surface area contributed by atoms with Gasteiger partial charge in [-0.1, -0.05) is 36.4 Å². The van der Waals surface area contributed by atoms with Gasteiger partial charge < -0.3 is 15.4 Å². The third-order valence-corrected chi connectivity index (χ3v) is 5.38. The van der Waals surface area contributed by atoms with Crippen LogP contribution in [0.4, 0.5) is 20.6 Å².